The summed E-state index contributed by atoms with van der Waals surface area (Å²) in [5, 5.41) is 0. The number of nitrogens with one attached hydrogen (secondary N) is 1. The van der Waals surface area contributed by atoms with Crippen molar-refractivity contribution in [3.8, 4) is 5.75 Å². The van der Waals surface area contributed by atoms with Crippen LogP contribution in [0.1, 0.15) is 6.92 Å². The Hall–Kier alpha value is -0.850. The molecule has 0 bridgehead atoms. The molecule has 0 unspecified atom stereocenters. The number of rotatable bonds is 5. The number of hydrogen-bond donors (Lipinski definition) is 1. The van der Waals surface area contributed by atoms with Gasteiger partial charge in [0.1, 0.15) is 10.6 Å². The van der Waals surface area contributed by atoms with Gasteiger partial charge in [0.25, 0.3) is 0 Å². The van der Waals surface area contributed by atoms with Gasteiger partial charge >= 0.3 is 0 Å². The van der Waals surface area contributed by atoms with Crippen molar-refractivity contribution >= 4 is 26.0 Å². The van der Waals surface area contributed by atoms with E-state index in [1.807, 2.05) is 0 Å². The number of halogens is 1. The van der Waals surface area contributed by atoms with Gasteiger partial charge in [-0.2, -0.15) is 0 Å². The lowest BCUT2D eigenvalue weighted by atomic mass is 10.3. The van der Waals surface area contributed by atoms with Gasteiger partial charge in [-0.15, -0.1) is 0 Å². The maximum Gasteiger partial charge on any atom is 0.244 e. The maximum atomic E-state index is 12.0. The molecular weight excluding hydrogens is 306 g/mol. The Labute approximate surface area is 110 Å². The molecule has 0 aliphatic heterocycles. The fraction of sp³-hybridized carbons (Fsp3) is 0.273. The van der Waals surface area contributed by atoms with Gasteiger partial charge in [0.2, 0.25) is 10.0 Å². The lowest BCUT2D eigenvalue weighted by Gasteiger charge is -2.11. The van der Waals surface area contributed by atoms with Crippen LogP contribution in [-0.4, -0.2) is 22.1 Å². The summed E-state index contributed by atoms with van der Waals surface area (Å²) in [7, 11) is -2.15. The van der Waals surface area contributed by atoms with Gasteiger partial charge in [0.15, 0.2) is 0 Å². The van der Waals surface area contributed by atoms with E-state index >= 15 is 0 Å². The van der Waals surface area contributed by atoms with E-state index in [1.54, 1.807) is 19.1 Å². The van der Waals surface area contributed by atoms with E-state index in [1.165, 1.54) is 13.2 Å². The third kappa shape index (κ3) is 3.83. The second-order valence-electron chi connectivity index (χ2n) is 3.58. The highest BCUT2D eigenvalue weighted by atomic mass is 79.9. The van der Waals surface area contributed by atoms with Crippen LogP contribution in [0.25, 0.3) is 0 Å². The number of hydrogen-bond acceptors (Lipinski definition) is 3. The predicted molar refractivity (Wildman–Crippen MR) is 70.7 cm³/mol. The molecular formula is C11H14BrNO3S. The fourth-order valence-corrected chi connectivity index (χ4v) is 2.96. The molecule has 1 N–H and O–H groups in total. The van der Waals surface area contributed by atoms with Crippen LogP contribution >= 0.6 is 15.9 Å². The second kappa shape index (κ2) is 5.66. The van der Waals surface area contributed by atoms with Crippen molar-refractivity contribution in [3.05, 3.63) is 34.8 Å². The lowest BCUT2D eigenvalue weighted by molar-refractivity contribution is 0.402. The minimum absolute atomic E-state index is 0.107. The molecule has 0 fully saturated rings. The average molecular weight is 320 g/mol. The first kappa shape index (κ1) is 14.2. The predicted octanol–water partition coefficient (Wildman–Crippen LogP) is 2.31. The van der Waals surface area contributed by atoms with E-state index in [-0.39, 0.29) is 11.4 Å². The van der Waals surface area contributed by atoms with Gasteiger partial charge in [-0.3, -0.25) is 0 Å². The molecule has 0 aliphatic carbocycles. The summed E-state index contributed by atoms with van der Waals surface area (Å²) in [4.78, 5) is 0.107. The van der Waals surface area contributed by atoms with Crippen molar-refractivity contribution in [2.75, 3.05) is 13.7 Å². The van der Waals surface area contributed by atoms with Crippen LogP contribution in [0.4, 0.5) is 0 Å². The van der Waals surface area contributed by atoms with Crippen molar-refractivity contribution in [1.82, 2.24) is 4.72 Å². The highest BCUT2D eigenvalue weighted by molar-refractivity contribution is 9.10. The van der Waals surface area contributed by atoms with E-state index in [0.717, 1.165) is 5.57 Å². The molecule has 0 saturated heterocycles. The third-order valence-electron chi connectivity index (χ3n) is 1.98. The van der Waals surface area contributed by atoms with Crippen molar-refractivity contribution in [2.24, 2.45) is 0 Å². The summed E-state index contributed by atoms with van der Waals surface area (Å²) < 4.78 is 32.2. The van der Waals surface area contributed by atoms with E-state index in [9.17, 15) is 8.42 Å². The Morgan fingerprint density at radius 2 is 2.18 bits per heavy atom. The minimum Gasteiger partial charge on any atom is -0.495 e. The van der Waals surface area contributed by atoms with Gasteiger partial charge in [-0.05, 0) is 25.1 Å². The molecule has 94 valence electrons. The zero-order valence-corrected chi connectivity index (χ0v) is 12.1. The van der Waals surface area contributed by atoms with Crippen LogP contribution in [-0.2, 0) is 10.0 Å². The fourth-order valence-electron chi connectivity index (χ4n) is 1.16. The van der Waals surface area contributed by atoms with Crippen LogP contribution in [0, 0.1) is 0 Å². The van der Waals surface area contributed by atoms with Gasteiger partial charge in [-0.25, -0.2) is 13.1 Å². The van der Waals surface area contributed by atoms with Crippen LogP contribution in [0.2, 0.25) is 0 Å². The smallest absolute Gasteiger partial charge is 0.244 e. The van der Waals surface area contributed by atoms with E-state index in [4.69, 9.17) is 4.74 Å². The van der Waals surface area contributed by atoms with Gasteiger partial charge in [0, 0.05) is 11.0 Å². The number of sulfonamides is 1. The Balaban J connectivity index is 3.13. The molecule has 0 atom stereocenters. The molecule has 6 heteroatoms. The quantitative estimate of drug-likeness (QED) is 0.847. The molecule has 0 aliphatic rings. The molecule has 0 spiro atoms. The third-order valence-corrected chi connectivity index (χ3v) is 3.89. The summed E-state index contributed by atoms with van der Waals surface area (Å²) in [6.07, 6.45) is 0. The number of ether oxygens (including phenoxy) is 1. The Bertz CT molecular complexity index is 526. The number of methoxy groups -OCH3 is 1. The molecule has 0 saturated carbocycles. The van der Waals surface area contributed by atoms with E-state index in [0.29, 0.717) is 10.2 Å². The molecule has 0 amide bonds. The summed E-state index contributed by atoms with van der Waals surface area (Å²) >= 11 is 3.23. The first-order chi connectivity index (χ1) is 7.86. The SMILES string of the molecule is C=C(C)CNS(=O)(=O)c1cc(Br)ccc1OC. The maximum absolute atomic E-state index is 12.0. The van der Waals surface area contributed by atoms with Gasteiger partial charge in [0.05, 0.1) is 7.11 Å². The van der Waals surface area contributed by atoms with Crippen molar-refractivity contribution in [3.63, 3.8) is 0 Å². The molecule has 17 heavy (non-hydrogen) atoms. The largest absolute Gasteiger partial charge is 0.495 e. The van der Waals surface area contributed by atoms with Crippen molar-refractivity contribution < 1.29 is 13.2 Å². The van der Waals surface area contributed by atoms with Crippen molar-refractivity contribution in [1.29, 1.82) is 0 Å². The average Bonchev–Trinajstić information content (AvgIpc) is 2.26. The van der Waals surface area contributed by atoms with Crippen molar-refractivity contribution in [2.45, 2.75) is 11.8 Å². The normalized spacial score (nSPS) is 11.2. The van der Waals surface area contributed by atoms with Gasteiger partial charge in [-0.1, -0.05) is 28.1 Å². The molecule has 1 aromatic carbocycles. The van der Waals surface area contributed by atoms with Crippen LogP contribution in [0.15, 0.2) is 39.7 Å². The number of benzene rings is 1. The zero-order valence-electron chi connectivity index (χ0n) is 9.66. The molecule has 0 aromatic heterocycles. The molecule has 1 aromatic rings. The molecule has 1 rings (SSSR count). The highest BCUT2D eigenvalue weighted by Crippen LogP contribution is 2.26. The standard InChI is InChI=1S/C11H14BrNO3S/c1-8(2)7-13-17(14,15)11-6-9(12)4-5-10(11)16-3/h4-6,13H,1,7H2,2-3H3. The molecule has 0 heterocycles. The first-order valence-electron chi connectivity index (χ1n) is 4.84. The topological polar surface area (TPSA) is 55.4 Å². The van der Waals surface area contributed by atoms with Crippen LogP contribution in [0.5, 0.6) is 5.75 Å². The highest BCUT2D eigenvalue weighted by Gasteiger charge is 2.19. The monoisotopic (exact) mass is 319 g/mol. The first-order valence-corrected chi connectivity index (χ1v) is 7.12. The molecule has 4 nitrogen and oxygen atoms in total. The summed E-state index contributed by atoms with van der Waals surface area (Å²) in [5.74, 6) is 0.308. The Morgan fingerprint density at radius 3 is 2.71 bits per heavy atom. The Morgan fingerprint density at radius 1 is 1.53 bits per heavy atom. The van der Waals surface area contributed by atoms with E-state index < -0.39 is 10.0 Å². The van der Waals surface area contributed by atoms with E-state index in [2.05, 4.69) is 27.2 Å². The Kier molecular flexibility index (Phi) is 4.73. The minimum atomic E-state index is -3.59. The van der Waals surface area contributed by atoms with Gasteiger partial charge < -0.3 is 4.74 Å². The lowest BCUT2D eigenvalue weighted by Crippen LogP contribution is -2.25. The molecule has 0 radical (unpaired) electrons. The zero-order chi connectivity index (χ0) is 13.1. The summed E-state index contributed by atoms with van der Waals surface area (Å²) in [6, 6.07) is 4.82. The second-order valence-corrected chi connectivity index (χ2v) is 6.23. The summed E-state index contributed by atoms with van der Waals surface area (Å²) in [5.41, 5.74) is 0.738. The summed E-state index contributed by atoms with van der Waals surface area (Å²) in [6.45, 7) is 5.60. The van der Waals surface area contributed by atoms with Crippen LogP contribution in [0.3, 0.4) is 0 Å². The van der Waals surface area contributed by atoms with Crippen LogP contribution < -0.4 is 9.46 Å².